The third-order valence-electron chi connectivity index (χ3n) is 6.75. The number of carbonyl (C=O) groups excluding carboxylic acids is 2. The summed E-state index contributed by atoms with van der Waals surface area (Å²) in [5.41, 5.74) is 2.58. The zero-order chi connectivity index (χ0) is 25.3. The van der Waals surface area contributed by atoms with Crippen LogP contribution in [0.1, 0.15) is 42.4 Å². The summed E-state index contributed by atoms with van der Waals surface area (Å²) in [4.78, 5) is 29.0. The van der Waals surface area contributed by atoms with Gasteiger partial charge < -0.3 is 15.0 Å². The van der Waals surface area contributed by atoms with Gasteiger partial charge in [-0.05, 0) is 53.8 Å². The molecule has 0 bridgehead atoms. The molecule has 3 aromatic rings. The number of benzene rings is 3. The summed E-state index contributed by atoms with van der Waals surface area (Å²) in [6, 6.07) is 22.6. The number of ether oxygens (including phenoxy) is 1. The normalized spacial score (nSPS) is 14.3. The Balaban J connectivity index is 1.64. The molecule has 5 nitrogen and oxygen atoms in total. The van der Waals surface area contributed by atoms with Gasteiger partial charge in [0.15, 0.2) is 0 Å². The van der Waals surface area contributed by atoms with Gasteiger partial charge >= 0.3 is 0 Å². The Hall–Kier alpha value is -3.67. The minimum Gasteiger partial charge on any atom is -0.497 e. The number of nitrogens with one attached hydrogen (secondary N) is 1. The van der Waals surface area contributed by atoms with E-state index in [0.29, 0.717) is 12.2 Å². The van der Waals surface area contributed by atoms with Crippen LogP contribution in [0.2, 0.25) is 0 Å². The van der Waals surface area contributed by atoms with E-state index < -0.39 is 6.04 Å². The molecule has 0 saturated heterocycles. The van der Waals surface area contributed by atoms with E-state index in [-0.39, 0.29) is 36.6 Å². The van der Waals surface area contributed by atoms with Gasteiger partial charge in [-0.1, -0.05) is 67.4 Å². The molecule has 1 atom stereocenters. The highest BCUT2D eigenvalue weighted by molar-refractivity contribution is 5.89. The third-order valence-corrected chi connectivity index (χ3v) is 6.75. The van der Waals surface area contributed by atoms with Gasteiger partial charge in [0.05, 0.1) is 13.5 Å². The molecule has 1 saturated carbocycles. The van der Waals surface area contributed by atoms with Crippen molar-refractivity contribution in [2.24, 2.45) is 0 Å². The molecule has 0 aliphatic heterocycles. The van der Waals surface area contributed by atoms with Crippen LogP contribution in [0.25, 0.3) is 0 Å². The van der Waals surface area contributed by atoms with Crippen LogP contribution in [0.15, 0.2) is 78.9 Å². The summed E-state index contributed by atoms with van der Waals surface area (Å²) in [5.74, 6) is 0.0740. The lowest BCUT2D eigenvalue weighted by Crippen LogP contribution is -2.52. The Labute approximate surface area is 212 Å². The van der Waals surface area contributed by atoms with E-state index in [4.69, 9.17) is 4.74 Å². The molecule has 0 unspecified atom stereocenters. The molecule has 1 aliphatic carbocycles. The Morgan fingerprint density at radius 1 is 0.917 bits per heavy atom. The maximum Gasteiger partial charge on any atom is 0.243 e. The Kier molecular flexibility index (Phi) is 8.71. The molecular formula is C30H33FN2O3. The van der Waals surface area contributed by atoms with Crippen molar-refractivity contribution in [2.75, 3.05) is 7.11 Å². The van der Waals surface area contributed by atoms with E-state index in [1.54, 1.807) is 24.1 Å². The molecule has 0 aromatic heterocycles. The van der Waals surface area contributed by atoms with Crippen molar-refractivity contribution in [1.29, 1.82) is 0 Å². The van der Waals surface area contributed by atoms with Crippen LogP contribution in [-0.2, 0) is 29.0 Å². The van der Waals surface area contributed by atoms with Gasteiger partial charge in [-0.2, -0.15) is 0 Å². The van der Waals surface area contributed by atoms with Gasteiger partial charge in [-0.25, -0.2) is 4.39 Å². The zero-order valence-corrected chi connectivity index (χ0v) is 20.7. The second-order valence-corrected chi connectivity index (χ2v) is 9.37. The van der Waals surface area contributed by atoms with Gasteiger partial charge in [-0.15, -0.1) is 0 Å². The fourth-order valence-corrected chi connectivity index (χ4v) is 4.73. The van der Waals surface area contributed by atoms with Crippen LogP contribution >= 0.6 is 0 Å². The Morgan fingerprint density at radius 2 is 1.56 bits per heavy atom. The molecule has 2 amide bonds. The van der Waals surface area contributed by atoms with Gasteiger partial charge in [0.1, 0.15) is 17.6 Å². The lowest BCUT2D eigenvalue weighted by atomic mass is 10.0. The van der Waals surface area contributed by atoms with Crippen LogP contribution in [0.3, 0.4) is 0 Å². The largest absolute Gasteiger partial charge is 0.497 e. The van der Waals surface area contributed by atoms with E-state index in [0.717, 1.165) is 42.4 Å². The van der Waals surface area contributed by atoms with Crippen molar-refractivity contribution in [3.8, 4) is 5.75 Å². The van der Waals surface area contributed by atoms with Crippen molar-refractivity contribution in [2.45, 2.75) is 57.2 Å². The quantitative estimate of drug-likeness (QED) is 0.433. The molecule has 1 aliphatic rings. The molecule has 1 N–H and O–H groups in total. The highest BCUT2D eigenvalue weighted by atomic mass is 19.1. The molecular weight excluding hydrogens is 455 g/mol. The van der Waals surface area contributed by atoms with Crippen LogP contribution in [0, 0.1) is 5.82 Å². The van der Waals surface area contributed by atoms with Gasteiger partial charge in [-0.3, -0.25) is 9.59 Å². The smallest absolute Gasteiger partial charge is 0.243 e. The predicted molar refractivity (Wildman–Crippen MR) is 138 cm³/mol. The summed E-state index contributed by atoms with van der Waals surface area (Å²) in [7, 11) is 1.60. The molecule has 0 radical (unpaired) electrons. The average molecular weight is 489 g/mol. The highest BCUT2D eigenvalue weighted by Crippen LogP contribution is 2.21. The lowest BCUT2D eigenvalue weighted by Gasteiger charge is -2.32. The molecule has 0 heterocycles. The van der Waals surface area contributed by atoms with E-state index in [9.17, 15) is 14.0 Å². The van der Waals surface area contributed by atoms with Crippen molar-refractivity contribution in [3.05, 3.63) is 101 Å². The zero-order valence-electron chi connectivity index (χ0n) is 20.7. The standard InChI is InChI=1S/C30H33FN2O3/c1-36-27-17-13-23(14-18-27)20-29(34)33(21-24-11-15-25(31)16-12-24)28(19-22-7-3-2-4-8-22)30(35)32-26-9-5-6-10-26/h2-4,7-8,11-18,26,28H,5-6,9-10,19-21H2,1H3,(H,32,35)/t28-/m1/s1. The Morgan fingerprint density at radius 3 is 2.19 bits per heavy atom. The minimum absolute atomic E-state index is 0.139. The molecule has 4 rings (SSSR count). The number of methoxy groups -OCH3 is 1. The van der Waals surface area contributed by atoms with Crippen LogP contribution < -0.4 is 10.1 Å². The van der Waals surface area contributed by atoms with Crippen molar-refractivity contribution in [1.82, 2.24) is 10.2 Å². The fraction of sp³-hybridized carbons (Fsp3) is 0.333. The monoisotopic (exact) mass is 488 g/mol. The number of rotatable bonds is 10. The van der Waals surface area contributed by atoms with Crippen molar-refractivity contribution in [3.63, 3.8) is 0 Å². The first-order valence-corrected chi connectivity index (χ1v) is 12.5. The molecule has 36 heavy (non-hydrogen) atoms. The van der Waals surface area contributed by atoms with Gasteiger partial charge in [0.2, 0.25) is 11.8 Å². The number of halogens is 1. The lowest BCUT2D eigenvalue weighted by molar-refractivity contribution is -0.141. The number of carbonyl (C=O) groups is 2. The SMILES string of the molecule is COc1ccc(CC(=O)N(Cc2ccc(F)cc2)[C@H](Cc2ccccc2)C(=O)NC2CCCC2)cc1. The van der Waals surface area contributed by atoms with E-state index in [2.05, 4.69) is 5.32 Å². The summed E-state index contributed by atoms with van der Waals surface area (Å²) < 4.78 is 18.8. The molecule has 3 aromatic carbocycles. The second kappa shape index (κ2) is 12.3. The van der Waals surface area contributed by atoms with Crippen molar-refractivity contribution >= 4 is 11.8 Å². The first-order chi connectivity index (χ1) is 17.5. The van der Waals surface area contributed by atoms with E-state index in [1.165, 1.54) is 12.1 Å². The summed E-state index contributed by atoms with van der Waals surface area (Å²) in [6.45, 7) is 0.213. The van der Waals surface area contributed by atoms with Gasteiger partial charge in [0, 0.05) is 19.0 Å². The van der Waals surface area contributed by atoms with E-state index >= 15 is 0 Å². The predicted octanol–water partition coefficient (Wildman–Crippen LogP) is 5.08. The first-order valence-electron chi connectivity index (χ1n) is 12.5. The average Bonchev–Trinajstić information content (AvgIpc) is 3.41. The van der Waals surface area contributed by atoms with E-state index in [1.807, 2.05) is 54.6 Å². The topological polar surface area (TPSA) is 58.6 Å². The third kappa shape index (κ3) is 6.94. The second-order valence-electron chi connectivity index (χ2n) is 9.37. The Bertz CT molecular complexity index is 1130. The first kappa shape index (κ1) is 25.4. The summed E-state index contributed by atoms with van der Waals surface area (Å²) in [6.07, 6.45) is 4.67. The maximum atomic E-state index is 13.8. The summed E-state index contributed by atoms with van der Waals surface area (Å²) in [5, 5.41) is 3.20. The highest BCUT2D eigenvalue weighted by Gasteiger charge is 2.32. The maximum absolute atomic E-state index is 13.8. The van der Waals surface area contributed by atoms with Gasteiger partial charge in [0.25, 0.3) is 0 Å². The fourth-order valence-electron chi connectivity index (χ4n) is 4.73. The number of amides is 2. The van der Waals surface area contributed by atoms with Crippen LogP contribution in [0.5, 0.6) is 5.75 Å². The number of hydrogen-bond donors (Lipinski definition) is 1. The van der Waals surface area contributed by atoms with Crippen LogP contribution in [-0.4, -0.2) is 35.9 Å². The van der Waals surface area contributed by atoms with Crippen LogP contribution in [0.4, 0.5) is 4.39 Å². The molecule has 1 fully saturated rings. The number of nitrogens with zero attached hydrogens (tertiary/aromatic N) is 1. The minimum atomic E-state index is -0.691. The summed E-state index contributed by atoms with van der Waals surface area (Å²) >= 11 is 0. The molecule has 0 spiro atoms. The number of hydrogen-bond acceptors (Lipinski definition) is 3. The molecule has 6 heteroatoms. The van der Waals surface area contributed by atoms with Crippen molar-refractivity contribution < 1.29 is 18.7 Å². The molecule has 188 valence electrons.